The summed E-state index contributed by atoms with van der Waals surface area (Å²) in [5.74, 6) is -1.29. The zero-order chi connectivity index (χ0) is 29.1. The molecule has 1 aliphatic carbocycles. The van der Waals surface area contributed by atoms with Crippen molar-refractivity contribution >= 4 is 62.6 Å². The van der Waals surface area contributed by atoms with Crippen LogP contribution in [0.25, 0.3) is 17.3 Å². The third-order valence-electron chi connectivity index (χ3n) is 6.67. The summed E-state index contributed by atoms with van der Waals surface area (Å²) < 4.78 is 33.1. The molecule has 0 amide bonds. The summed E-state index contributed by atoms with van der Waals surface area (Å²) in [5.41, 5.74) is 3.24. The number of aromatic nitrogens is 2. The molecule has 0 saturated heterocycles. The molecule has 1 atom stereocenters. The maximum absolute atomic E-state index is 13.2. The van der Waals surface area contributed by atoms with Crippen LogP contribution in [-0.2, 0) is 16.8 Å². The highest BCUT2D eigenvalue weighted by molar-refractivity contribution is 7.87. The first-order valence-corrected chi connectivity index (χ1v) is 15.3. The number of benzene rings is 3. The second kappa shape index (κ2) is 12.4. The molecule has 0 radical (unpaired) electrons. The fourth-order valence-electron chi connectivity index (χ4n) is 4.84. The number of nitrogens with zero attached hydrogens (tertiary/aromatic N) is 2. The molecule has 212 valence electrons. The van der Waals surface area contributed by atoms with E-state index < -0.39 is 22.2 Å². The first-order chi connectivity index (χ1) is 19.6. The fraction of sp³-hybridized carbons (Fsp3) is 0.172. The summed E-state index contributed by atoms with van der Waals surface area (Å²) in [6.45, 7) is 0.0723. The number of carbonyl (C=O) groups is 1. The van der Waals surface area contributed by atoms with Crippen molar-refractivity contribution in [2.24, 2.45) is 0 Å². The molecule has 3 N–H and O–H groups in total. The fourth-order valence-corrected chi connectivity index (χ4v) is 6.50. The van der Waals surface area contributed by atoms with Gasteiger partial charge in [-0.15, -0.1) is 0 Å². The number of hydrogen-bond donors (Lipinski definition) is 3. The lowest BCUT2D eigenvalue weighted by molar-refractivity contribution is 0.0688. The third kappa shape index (κ3) is 6.83. The summed E-state index contributed by atoms with van der Waals surface area (Å²) >= 11 is 18.8. The first-order valence-electron chi connectivity index (χ1n) is 12.7. The van der Waals surface area contributed by atoms with Crippen LogP contribution >= 0.6 is 34.8 Å². The van der Waals surface area contributed by atoms with E-state index in [1.165, 1.54) is 4.68 Å². The van der Waals surface area contributed by atoms with Gasteiger partial charge in [0.15, 0.2) is 5.69 Å². The van der Waals surface area contributed by atoms with Gasteiger partial charge in [-0.05, 0) is 72.4 Å². The van der Waals surface area contributed by atoms with E-state index in [1.54, 1.807) is 30.3 Å². The van der Waals surface area contributed by atoms with Gasteiger partial charge in [0.2, 0.25) is 0 Å². The number of halogens is 3. The van der Waals surface area contributed by atoms with Gasteiger partial charge < -0.3 is 5.11 Å². The standard InChI is InChI=1S/C29H25Cl3N4O4S/c30-21-11-9-18(10-12-21)15-20-7-4-8-24(35-41(39,40)33-17-19-5-2-1-3-6-19)26-27(29(37)38)34-36(28(20)26)25-14-13-22(31)16-23(25)32/h1-3,5-6,9-16,24,33,35H,4,7-8,17H2,(H,37,38). The van der Waals surface area contributed by atoms with Gasteiger partial charge in [-0.2, -0.15) is 23.0 Å². The van der Waals surface area contributed by atoms with Gasteiger partial charge in [0.05, 0.1) is 22.4 Å². The Morgan fingerprint density at radius 1 is 1.02 bits per heavy atom. The number of allylic oxidation sites excluding steroid dienone is 1. The summed E-state index contributed by atoms with van der Waals surface area (Å²) in [7, 11) is -4.04. The smallest absolute Gasteiger partial charge is 0.356 e. The van der Waals surface area contributed by atoms with Crippen molar-refractivity contribution in [2.75, 3.05) is 0 Å². The highest BCUT2D eigenvalue weighted by atomic mass is 35.5. The van der Waals surface area contributed by atoms with Crippen LogP contribution in [0.3, 0.4) is 0 Å². The number of hydrogen-bond acceptors (Lipinski definition) is 4. The van der Waals surface area contributed by atoms with E-state index in [4.69, 9.17) is 34.8 Å². The average Bonchev–Trinajstić information content (AvgIpc) is 3.25. The SMILES string of the molecule is O=C(O)c1nn(-c2ccc(Cl)cc2Cl)c2c1C(NS(=O)(=O)NCc1ccccc1)CCCC2=Cc1ccc(Cl)cc1. The zero-order valence-electron chi connectivity index (χ0n) is 21.5. The van der Waals surface area contributed by atoms with Crippen molar-refractivity contribution in [1.82, 2.24) is 19.2 Å². The minimum Gasteiger partial charge on any atom is -0.476 e. The van der Waals surface area contributed by atoms with Crippen LogP contribution in [0, 0.1) is 0 Å². The molecule has 1 heterocycles. The lowest BCUT2D eigenvalue weighted by Gasteiger charge is -2.19. The Balaban J connectivity index is 1.64. The molecule has 8 nitrogen and oxygen atoms in total. The van der Waals surface area contributed by atoms with Crippen LogP contribution in [0.2, 0.25) is 15.1 Å². The van der Waals surface area contributed by atoms with Crippen molar-refractivity contribution in [3.8, 4) is 5.69 Å². The predicted octanol–water partition coefficient (Wildman–Crippen LogP) is 6.92. The van der Waals surface area contributed by atoms with E-state index in [9.17, 15) is 18.3 Å². The number of fused-ring (bicyclic) bond motifs is 1. The van der Waals surface area contributed by atoms with Crippen LogP contribution < -0.4 is 9.44 Å². The highest BCUT2D eigenvalue weighted by Crippen LogP contribution is 2.41. The van der Waals surface area contributed by atoms with E-state index in [0.29, 0.717) is 40.7 Å². The largest absolute Gasteiger partial charge is 0.476 e. The summed E-state index contributed by atoms with van der Waals surface area (Å²) in [4.78, 5) is 12.5. The maximum Gasteiger partial charge on any atom is 0.356 e. The second-order valence-corrected chi connectivity index (χ2v) is 12.3. The van der Waals surface area contributed by atoms with Crippen molar-refractivity contribution < 1.29 is 18.3 Å². The van der Waals surface area contributed by atoms with Crippen LogP contribution in [0.4, 0.5) is 0 Å². The summed E-state index contributed by atoms with van der Waals surface area (Å²) in [6.07, 6.45) is 3.37. The molecule has 0 spiro atoms. The molecule has 1 aliphatic rings. The van der Waals surface area contributed by atoms with Crippen molar-refractivity contribution in [3.05, 3.63) is 116 Å². The van der Waals surface area contributed by atoms with Crippen LogP contribution in [0.1, 0.15) is 58.2 Å². The Kier molecular flexibility index (Phi) is 8.84. The van der Waals surface area contributed by atoms with Crippen molar-refractivity contribution in [2.45, 2.75) is 31.8 Å². The minimum atomic E-state index is -4.04. The first kappa shape index (κ1) is 29.3. The van der Waals surface area contributed by atoms with Gasteiger partial charge in [0, 0.05) is 22.2 Å². The van der Waals surface area contributed by atoms with E-state index in [2.05, 4.69) is 14.5 Å². The molecule has 0 fully saturated rings. The number of carboxylic acid groups (broad SMARTS) is 1. The van der Waals surface area contributed by atoms with Gasteiger partial charge in [-0.1, -0.05) is 77.3 Å². The average molecular weight is 632 g/mol. The molecule has 4 aromatic rings. The van der Waals surface area contributed by atoms with E-state index >= 15 is 0 Å². The molecule has 5 rings (SSSR count). The van der Waals surface area contributed by atoms with Gasteiger partial charge in [-0.3, -0.25) is 0 Å². The topological polar surface area (TPSA) is 113 Å². The Morgan fingerprint density at radius 2 is 1.73 bits per heavy atom. The van der Waals surface area contributed by atoms with Crippen LogP contribution in [0.15, 0.2) is 72.8 Å². The minimum absolute atomic E-state index is 0.0723. The van der Waals surface area contributed by atoms with Crippen molar-refractivity contribution in [3.63, 3.8) is 0 Å². The number of aromatic carboxylic acids is 1. The Hall–Kier alpha value is -3.18. The van der Waals surface area contributed by atoms with Gasteiger partial charge >= 0.3 is 5.97 Å². The molecule has 0 aliphatic heterocycles. The van der Waals surface area contributed by atoms with Crippen LogP contribution in [-0.4, -0.2) is 29.3 Å². The number of nitrogens with one attached hydrogen (secondary N) is 2. The van der Waals surface area contributed by atoms with Crippen LogP contribution in [0.5, 0.6) is 0 Å². The quantitative estimate of drug-likeness (QED) is 0.183. The third-order valence-corrected chi connectivity index (χ3v) is 8.58. The Bertz CT molecular complexity index is 1720. The molecular weight excluding hydrogens is 607 g/mol. The molecule has 0 saturated carbocycles. The Labute approximate surface area is 252 Å². The molecule has 0 bridgehead atoms. The Morgan fingerprint density at radius 3 is 2.41 bits per heavy atom. The van der Waals surface area contributed by atoms with E-state index in [-0.39, 0.29) is 22.8 Å². The van der Waals surface area contributed by atoms with Gasteiger partial charge in [-0.25, -0.2) is 9.48 Å². The molecular formula is C29H25Cl3N4O4S. The second-order valence-electron chi connectivity index (χ2n) is 9.52. The van der Waals surface area contributed by atoms with E-state index in [0.717, 1.165) is 16.7 Å². The lowest BCUT2D eigenvalue weighted by Crippen LogP contribution is -2.39. The number of rotatable bonds is 8. The normalized spacial score (nSPS) is 16.4. The van der Waals surface area contributed by atoms with E-state index in [1.807, 2.05) is 48.5 Å². The zero-order valence-corrected chi connectivity index (χ0v) is 24.6. The molecule has 12 heteroatoms. The summed E-state index contributed by atoms with van der Waals surface area (Å²) in [6, 6.07) is 20.3. The summed E-state index contributed by atoms with van der Waals surface area (Å²) in [5, 5.41) is 15.9. The van der Waals surface area contributed by atoms with Gasteiger partial charge in [0.25, 0.3) is 10.2 Å². The molecule has 1 aromatic heterocycles. The molecule has 1 unspecified atom stereocenters. The van der Waals surface area contributed by atoms with Gasteiger partial charge in [0.1, 0.15) is 0 Å². The molecule has 3 aromatic carbocycles. The maximum atomic E-state index is 13.2. The molecule has 41 heavy (non-hydrogen) atoms. The monoisotopic (exact) mass is 630 g/mol. The lowest BCUT2D eigenvalue weighted by atomic mass is 9.99. The highest BCUT2D eigenvalue weighted by Gasteiger charge is 2.35. The predicted molar refractivity (Wildman–Crippen MR) is 162 cm³/mol. The van der Waals surface area contributed by atoms with Crippen molar-refractivity contribution in [1.29, 1.82) is 0 Å². The number of carboxylic acids is 1.